The van der Waals surface area contributed by atoms with Crippen LogP contribution in [0.15, 0.2) is 99.3 Å². The van der Waals surface area contributed by atoms with Crippen molar-refractivity contribution in [1.82, 2.24) is 20.1 Å². The van der Waals surface area contributed by atoms with E-state index in [9.17, 15) is 4.79 Å². The second-order valence-corrected chi connectivity index (χ2v) is 8.47. The molecule has 176 valence electrons. The summed E-state index contributed by atoms with van der Waals surface area (Å²) in [5, 5.41) is 12.4. The first kappa shape index (κ1) is 22.5. The summed E-state index contributed by atoms with van der Waals surface area (Å²) in [4.78, 5) is 12.9. The highest BCUT2D eigenvalue weighted by molar-refractivity contribution is 7.98. The highest BCUT2D eigenvalue weighted by Gasteiger charge is 2.19. The SMILES string of the molecule is COc1ccc(-n2c(SCc3ccccc3C(=O)NCc3ccco3)nnc2-c2ccco2)cc1. The first-order valence-corrected chi connectivity index (χ1v) is 11.9. The number of nitrogens with zero attached hydrogens (tertiary/aromatic N) is 3. The second kappa shape index (κ2) is 10.4. The second-order valence-electron chi connectivity index (χ2n) is 7.52. The number of rotatable bonds is 9. The number of ether oxygens (including phenoxy) is 1. The Morgan fingerprint density at radius 2 is 1.77 bits per heavy atom. The molecule has 0 aliphatic rings. The van der Waals surface area contributed by atoms with Crippen LogP contribution >= 0.6 is 11.8 Å². The molecule has 0 radical (unpaired) electrons. The number of benzene rings is 2. The summed E-state index contributed by atoms with van der Waals surface area (Å²) in [6.45, 7) is 0.325. The molecule has 0 fully saturated rings. The number of hydrogen-bond donors (Lipinski definition) is 1. The molecule has 3 heterocycles. The quantitative estimate of drug-likeness (QED) is 0.281. The van der Waals surface area contributed by atoms with E-state index in [-0.39, 0.29) is 5.91 Å². The third-order valence-corrected chi connectivity index (χ3v) is 6.31. The minimum atomic E-state index is -0.162. The number of methoxy groups -OCH3 is 1. The Balaban J connectivity index is 1.40. The van der Waals surface area contributed by atoms with Crippen LogP contribution in [0.3, 0.4) is 0 Å². The van der Waals surface area contributed by atoms with Gasteiger partial charge in [0.1, 0.15) is 11.5 Å². The van der Waals surface area contributed by atoms with Crippen LogP contribution in [0.1, 0.15) is 21.7 Å². The largest absolute Gasteiger partial charge is 0.497 e. The highest BCUT2D eigenvalue weighted by Crippen LogP contribution is 2.31. The molecule has 0 saturated heterocycles. The first-order chi connectivity index (χ1) is 17.2. The number of carbonyl (C=O) groups excluding carboxylic acids is 1. The predicted molar refractivity (Wildman–Crippen MR) is 131 cm³/mol. The Morgan fingerprint density at radius 3 is 2.51 bits per heavy atom. The summed E-state index contributed by atoms with van der Waals surface area (Å²) >= 11 is 1.49. The van der Waals surface area contributed by atoms with E-state index >= 15 is 0 Å². The van der Waals surface area contributed by atoms with Crippen molar-refractivity contribution in [1.29, 1.82) is 0 Å². The molecule has 0 atom stereocenters. The summed E-state index contributed by atoms with van der Waals surface area (Å²) in [5.74, 6) is 3.01. The molecule has 8 nitrogen and oxygen atoms in total. The van der Waals surface area contributed by atoms with Gasteiger partial charge in [0, 0.05) is 11.3 Å². The zero-order valence-electron chi connectivity index (χ0n) is 18.9. The molecule has 1 amide bonds. The maximum Gasteiger partial charge on any atom is 0.251 e. The monoisotopic (exact) mass is 486 g/mol. The lowest BCUT2D eigenvalue weighted by Gasteiger charge is -2.12. The van der Waals surface area contributed by atoms with Gasteiger partial charge in [0.2, 0.25) is 5.82 Å². The number of nitrogens with one attached hydrogen (secondary N) is 1. The number of thioether (sulfide) groups is 1. The normalized spacial score (nSPS) is 10.9. The maximum absolute atomic E-state index is 12.9. The molecule has 2 aromatic carbocycles. The van der Waals surface area contributed by atoms with Gasteiger partial charge in [0.25, 0.3) is 5.91 Å². The van der Waals surface area contributed by atoms with Crippen LogP contribution in [0.2, 0.25) is 0 Å². The summed E-state index contributed by atoms with van der Waals surface area (Å²) < 4.78 is 18.1. The lowest BCUT2D eigenvalue weighted by Crippen LogP contribution is -2.23. The van der Waals surface area contributed by atoms with Gasteiger partial charge in [-0.1, -0.05) is 30.0 Å². The van der Waals surface area contributed by atoms with E-state index in [1.165, 1.54) is 11.8 Å². The summed E-state index contributed by atoms with van der Waals surface area (Å²) in [7, 11) is 1.63. The number of aromatic nitrogens is 3. The number of hydrogen-bond acceptors (Lipinski definition) is 7. The van der Waals surface area contributed by atoms with Crippen molar-refractivity contribution in [3.8, 4) is 23.0 Å². The molecule has 0 spiro atoms. The van der Waals surface area contributed by atoms with Gasteiger partial charge in [0.15, 0.2) is 10.9 Å². The molecule has 3 aromatic heterocycles. The lowest BCUT2D eigenvalue weighted by atomic mass is 10.1. The van der Waals surface area contributed by atoms with Crippen molar-refractivity contribution >= 4 is 17.7 Å². The van der Waals surface area contributed by atoms with Gasteiger partial charge in [0.05, 0.1) is 31.9 Å². The standard InChI is InChI=1S/C26H22N4O4S/c1-32-20-12-10-19(11-13-20)30-24(23-9-5-15-34-23)28-29-26(30)35-17-18-6-2-3-8-22(18)25(31)27-16-21-7-4-14-33-21/h2-15H,16-17H2,1H3,(H,27,31). The molecule has 5 aromatic rings. The van der Waals surface area contributed by atoms with Crippen LogP contribution in [0.4, 0.5) is 0 Å². The fourth-order valence-electron chi connectivity index (χ4n) is 3.58. The molecule has 0 saturated carbocycles. The third kappa shape index (κ3) is 4.99. The zero-order valence-corrected chi connectivity index (χ0v) is 19.7. The van der Waals surface area contributed by atoms with Crippen LogP contribution in [0.5, 0.6) is 5.75 Å². The number of furan rings is 2. The minimum Gasteiger partial charge on any atom is -0.497 e. The molecule has 0 aliphatic heterocycles. The van der Waals surface area contributed by atoms with Crippen LogP contribution in [0, 0.1) is 0 Å². The molecule has 0 unspecified atom stereocenters. The summed E-state index contributed by atoms with van der Waals surface area (Å²) in [5.41, 5.74) is 2.36. The molecule has 0 bridgehead atoms. The Labute approximate surface area is 205 Å². The molecular formula is C26H22N4O4S. The van der Waals surface area contributed by atoms with E-state index in [0.717, 1.165) is 17.0 Å². The molecule has 5 rings (SSSR count). The Kier molecular flexibility index (Phi) is 6.67. The van der Waals surface area contributed by atoms with Crippen molar-refractivity contribution in [2.75, 3.05) is 7.11 Å². The van der Waals surface area contributed by atoms with Gasteiger partial charge in [-0.2, -0.15) is 0 Å². The van der Waals surface area contributed by atoms with E-state index < -0.39 is 0 Å². The lowest BCUT2D eigenvalue weighted by molar-refractivity contribution is 0.0947. The summed E-state index contributed by atoms with van der Waals surface area (Å²) in [6.07, 6.45) is 3.19. The predicted octanol–water partition coefficient (Wildman–Crippen LogP) is 5.35. The smallest absolute Gasteiger partial charge is 0.251 e. The van der Waals surface area contributed by atoms with Crippen LogP contribution in [0.25, 0.3) is 17.3 Å². The van der Waals surface area contributed by atoms with E-state index in [1.54, 1.807) is 25.7 Å². The van der Waals surface area contributed by atoms with Gasteiger partial charge in [-0.05, 0) is 60.2 Å². The van der Waals surface area contributed by atoms with Crippen molar-refractivity contribution in [3.05, 3.63) is 102 Å². The third-order valence-electron chi connectivity index (χ3n) is 5.33. The van der Waals surface area contributed by atoms with E-state index in [0.29, 0.717) is 40.4 Å². The van der Waals surface area contributed by atoms with Crippen molar-refractivity contribution in [2.24, 2.45) is 0 Å². The average Bonchev–Trinajstić information content (AvgIpc) is 3.68. The summed E-state index contributed by atoms with van der Waals surface area (Å²) in [6, 6.07) is 22.4. The molecule has 1 N–H and O–H groups in total. The fraction of sp³-hybridized carbons (Fsp3) is 0.115. The molecule has 35 heavy (non-hydrogen) atoms. The van der Waals surface area contributed by atoms with Crippen molar-refractivity contribution in [3.63, 3.8) is 0 Å². The Hall–Kier alpha value is -4.24. The van der Waals surface area contributed by atoms with Crippen LogP contribution in [-0.2, 0) is 12.3 Å². The van der Waals surface area contributed by atoms with Crippen molar-refractivity contribution < 1.29 is 18.4 Å². The molecule has 0 aliphatic carbocycles. The minimum absolute atomic E-state index is 0.162. The van der Waals surface area contributed by atoms with Crippen LogP contribution in [-0.4, -0.2) is 27.8 Å². The zero-order chi connectivity index (χ0) is 24.0. The molecule has 9 heteroatoms. The van der Waals surface area contributed by atoms with E-state index in [4.69, 9.17) is 13.6 Å². The van der Waals surface area contributed by atoms with Gasteiger partial charge < -0.3 is 18.9 Å². The van der Waals surface area contributed by atoms with Crippen LogP contribution < -0.4 is 10.1 Å². The Morgan fingerprint density at radius 1 is 0.971 bits per heavy atom. The maximum atomic E-state index is 12.9. The average molecular weight is 487 g/mol. The van der Waals surface area contributed by atoms with E-state index in [2.05, 4.69) is 15.5 Å². The Bertz CT molecular complexity index is 1390. The number of carbonyl (C=O) groups is 1. The number of amides is 1. The van der Waals surface area contributed by atoms with Gasteiger partial charge >= 0.3 is 0 Å². The topological polar surface area (TPSA) is 95.3 Å². The molecular weight excluding hydrogens is 464 g/mol. The van der Waals surface area contributed by atoms with Gasteiger partial charge in [-0.15, -0.1) is 10.2 Å². The highest BCUT2D eigenvalue weighted by atomic mass is 32.2. The van der Waals surface area contributed by atoms with Gasteiger partial charge in [-0.3, -0.25) is 9.36 Å². The first-order valence-electron chi connectivity index (χ1n) is 10.9. The van der Waals surface area contributed by atoms with Gasteiger partial charge in [-0.25, -0.2) is 0 Å². The van der Waals surface area contributed by atoms with E-state index in [1.807, 2.05) is 71.3 Å². The fourth-order valence-corrected chi connectivity index (χ4v) is 4.53. The van der Waals surface area contributed by atoms with Crippen molar-refractivity contribution in [2.45, 2.75) is 17.5 Å².